The Labute approximate surface area is 130 Å². The number of aromatic nitrogens is 1. The topological polar surface area (TPSA) is 32.9 Å². The van der Waals surface area contributed by atoms with E-state index < -0.39 is 0 Å². The first-order valence-corrected chi connectivity index (χ1v) is 7.61. The summed E-state index contributed by atoms with van der Waals surface area (Å²) >= 11 is 0. The molecule has 0 atom stereocenters. The maximum Gasteiger partial charge on any atom is 0.256 e. The van der Waals surface area contributed by atoms with Crippen LogP contribution in [0.4, 0.5) is 0 Å². The van der Waals surface area contributed by atoms with E-state index in [2.05, 4.69) is 50.9 Å². The quantitative estimate of drug-likeness (QED) is 0.686. The zero-order valence-electron chi connectivity index (χ0n) is 13.5. The summed E-state index contributed by atoms with van der Waals surface area (Å²) < 4.78 is 0. The van der Waals surface area contributed by atoms with Crippen molar-refractivity contribution in [3.63, 3.8) is 0 Å². The van der Waals surface area contributed by atoms with Gasteiger partial charge in [-0.1, -0.05) is 63.2 Å². The Morgan fingerprint density at radius 1 is 0.864 bits per heavy atom. The number of hydrogen-bond donors (Lipinski definition) is 1. The van der Waals surface area contributed by atoms with Gasteiger partial charge in [0.25, 0.3) is 5.56 Å². The average molecular weight is 291 g/mol. The summed E-state index contributed by atoms with van der Waals surface area (Å²) in [5.74, 6) is 0. The third-order valence-corrected chi connectivity index (χ3v) is 4.09. The Balaban J connectivity index is 2.53. The van der Waals surface area contributed by atoms with Gasteiger partial charge < -0.3 is 4.98 Å². The second kappa shape index (κ2) is 5.13. The maximum atomic E-state index is 12.5. The van der Waals surface area contributed by atoms with Gasteiger partial charge in [0.05, 0.1) is 0 Å². The molecule has 2 aromatic carbocycles. The molecule has 0 aliphatic carbocycles. The van der Waals surface area contributed by atoms with Crippen molar-refractivity contribution in [1.29, 1.82) is 0 Å². The number of aromatic amines is 1. The van der Waals surface area contributed by atoms with Gasteiger partial charge in [-0.05, 0) is 29.5 Å². The molecular formula is C20H21NO. The molecule has 0 unspecified atom stereocenters. The van der Waals surface area contributed by atoms with Crippen molar-refractivity contribution in [1.82, 2.24) is 4.98 Å². The first kappa shape index (κ1) is 14.6. The molecule has 0 bridgehead atoms. The van der Waals surface area contributed by atoms with Crippen LogP contribution >= 0.6 is 0 Å². The summed E-state index contributed by atoms with van der Waals surface area (Å²) in [5.41, 5.74) is 4.37. The fraction of sp³-hybridized carbons (Fsp3) is 0.250. The van der Waals surface area contributed by atoms with E-state index in [4.69, 9.17) is 0 Å². The smallest absolute Gasteiger partial charge is 0.256 e. The lowest BCUT2D eigenvalue weighted by atomic mass is 9.83. The SMILES string of the molecule is Cc1ccccc1-c1c(C(C)(C)C)[nH]c(=O)c2ccccc12. The van der Waals surface area contributed by atoms with Crippen molar-refractivity contribution in [2.45, 2.75) is 33.1 Å². The monoisotopic (exact) mass is 291 g/mol. The van der Waals surface area contributed by atoms with Crippen LogP contribution in [0.2, 0.25) is 0 Å². The predicted molar refractivity (Wildman–Crippen MR) is 93.4 cm³/mol. The van der Waals surface area contributed by atoms with Crippen molar-refractivity contribution in [3.05, 3.63) is 70.1 Å². The van der Waals surface area contributed by atoms with Crippen LogP contribution in [0.1, 0.15) is 32.0 Å². The molecule has 0 amide bonds. The molecule has 0 saturated carbocycles. The Morgan fingerprint density at radius 3 is 2.09 bits per heavy atom. The van der Waals surface area contributed by atoms with E-state index in [9.17, 15) is 4.79 Å². The summed E-state index contributed by atoms with van der Waals surface area (Å²) in [6, 6.07) is 16.2. The van der Waals surface area contributed by atoms with E-state index in [1.165, 1.54) is 11.1 Å². The highest BCUT2D eigenvalue weighted by Gasteiger charge is 2.23. The number of fused-ring (bicyclic) bond motifs is 1. The molecule has 3 rings (SSSR count). The lowest BCUT2D eigenvalue weighted by Crippen LogP contribution is -2.21. The van der Waals surface area contributed by atoms with Crippen LogP contribution in [0.15, 0.2) is 53.3 Å². The predicted octanol–water partition coefficient (Wildman–Crippen LogP) is 4.80. The van der Waals surface area contributed by atoms with Gasteiger partial charge >= 0.3 is 0 Å². The zero-order chi connectivity index (χ0) is 15.9. The zero-order valence-corrected chi connectivity index (χ0v) is 13.5. The van der Waals surface area contributed by atoms with E-state index >= 15 is 0 Å². The fourth-order valence-electron chi connectivity index (χ4n) is 2.97. The summed E-state index contributed by atoms with van der Waals surface area (Å²) in [6.45, 7) is 8.51. The van der Waals surface area contributed by atoms with Crippen molar-refractivity contribution in [2.75, 3.05) is 0 Å². The van der Waals surface area contributed by atoms with E-state index in [1.54, 1.807) is 0 Å². The minimum absolute atomic E-state index is 0.0159. The molecule has 0 radical (unpaired) electrons. The van der Waals surface area contributed by atoms with Crippen molar-refractivity contribution in [3.8, 4) is 11.1 Å². The third kappa shape index (κ3) is 2.35. The summed E-state index contributed by atoms with van der Waals surface area (Å²) in [5, 5.41) is 1.76. The summed E-state index contributed by atoms with van der Waals surface area (Å²) in [7, 11) is 0. The van der Waals surface area contributed by atoms with Crippen molar-refractivity contribution in [2.24, 2.45) is 0 Å². The number of hydrogen-bond acceptors (Lipinski definition) is 1. The lowest BCUT2D eigenvalue weighted by Gasteiger charge is -2.24. The highest BCUT2D eigenvalue weighted by molar-refractivity contribution is 5.98. The summed E-state index contributed by atoms with van der Waals surface area (Å²) in [4.78, 5) is 15.6. The van der Waals surface area contributed by atoms with E-state index in [0.29, 0.717) is 0 Å². The van der Waals surface area contributed by atoms with Crippen LogP contribution in [0.25, 0.3) is 21.9 Å². The second-order valence-corrected chi connectivity index (χ2v) is 6.81. The van der Waals surface area contributed by atoms with Gasteiger partial charge in [-0.25, -0.2) is 0 Å². The average Bonchev–Trinajstić information content (AvgIpc) is 2.47. The van der Waals surface area contributed by atoms with E-state index in [1.807, 2.05) is 30.3 Å². The van der Waals surface area contributed by atoms with Crippen LogP contribution < -0.4 is 5.56 Å². The molecule has 0 aliphatic rings. The minimum Gasteiger partial charge on any atom is -0.325 e. The van der Waals surface area contributed by atoms with Crippen molar-refractivity contribution >= 4 is 10.8 Å². The molecular weight excluding hydrogens is 270 g/mol. The number of aryl methyl sites for hydroxylation is 1. The first-order valence-electron chi connectivity index (χ1n) is 7.61. The standard InChI is InChI=1S/C20H21NO/c1-13-9-5-6-10-14(13)17-15-11-7-8-12-16(15)19(22)21-18(17)20(2,3)4/h5-12H,1-4H3,(H,21,22). The largest absolute Gasteiger partial charge is 0.325 e. The maximum absolute atomic E-state index is 12.5. The fourth-order valence-corrected chi connectivity index (χ4v) is 2.97. The Hall–Kier alpha value is -2.35. The first-order chi connectivity index (χ1) is 10.4. The van der Waals surface area contributed by atoms with E-state index in [0.717, 1.165) is 22.0 Å². The number of rotatable bonds is 1. The Morgan fingerprint density at radius 2 is 1.45 bits per heavy atom. The number of nitrogens with one attached hydrogen (secondary N) is 1. The van der Waals surface area contributed by atoms with Gasteiger partial charge in [-0.15, -0.1) is 0 Å². The molecule has 2 heteroatoms. The number of H-pyrrole nitrogens is 1. The van der Waals surface area contributed by atoms with Gasteiger partial charge in [0, 0.05) is 22.1 Å². The molecule has 3 aromatic rings. The van der Waals surface area contributed by atoms with Gasteiger partial charge in [-0.2, -0.15) is 0 Å². The van der Waals surface area contributed by atoms with Crippen LogP contribution in [-0.2, 0) is 5.41 Å². The second-order valence-electron chi connectivity index (χ2n) is 6.81. The molecule has 22 heavy (non-hydrogen) atoms. The molecule has 0 fully saturated rings. The van der Waals surface area contributed by atoms with Gasteiger partial charge in [-0.3, -0.25) is 4.79 Å². The Kier molecular flexibility index (Phi) is 3.40. The van der Waals surface area contributed by atoms with Crippen molar-refractivity contribution < 1.29 is 0 Å². The van der Waals surface area contributed by atoms with Crippen LogP contribution in [0.3, 0.4) is 0 Å². The van der Waals surface area contributed by atoms with Crippen LogP contribution in [0.5, 0.6) is 0 Å². The van der Waals surface area contributed by atoms with E-state index in [-0.39, 0.29) is 11.0 Å². The van der Waals surface area contributed by atoms with Gasteiger partial charge in [0.2, 0.25) is 0 Å². The molecule has 1 aromatic heterocycles. The minimum atomic E-state index is -0.138. The third-order valence-electron chi connectivity index (χ3n) is 4.09. The molecule has 0 spiro atoms. The van der Waals surface area contributed by atoms with Gasteiger partial charge in [0.1, 0.15) is 0 Å². The van der Waals surface area contributed by atoms with Gasteiger partial charge in [0.15, 0.2) is 0 Å². The highest BCUT2D eigenvalue weighted by atomic mass is 16.1. The highest BCUT2D eigenvalue weighted by Crippen LogP contribution is 2.36. The molecule has 1 N–H and O–H groups in total. The molecule has 112 valence electrons. The number of pyridine rings is 1. The molecule has 2 nitrogen and oxygen atoms in total. The summed E-state index contributed by atoms with van der Waals surface area (Å²) in [6.07, 6.45) is 0. The molecule has 0 saturated heterocycles. The molecule has 0 aliphatic heterocycles. The Bertz CT molecular complexity index is 897. The number of benzene rings is 2. The normalized spacial score (nSPS) is 11.8. The lowest BCUT2D eigenvalue weighted by molar-refractivity contribution is 0.570. The van der Waals surface area contributed by atoms with Crippen LogP contribution in [0, 0.1) is 6.92 Å². The molecule has 1 heterocycles. The van der Waals surface area contributed by atoms with Crippen LogP contribution in [-0.4, -0.2) is 4.98 Å².